The van der Waals surface area contributed by atoms with Crippen molar-refractivity contribution in [3.05, 3.63) is 52.0 Å². The van der Waals surface area contributed by atoms with Gasteiger partial charge in [0.2, 0.25) is 0 Å². The lowest BCUT2D eigenvalue weighted by molar-refractivity contribution is 0.780. The van der Waals surface area contributed by atoms with Gasteiger partial charge in [0.1, 0.15) is 5.82 Å². The van der Waals surface area contributed by atoms with E-state index in [1.807, 2.05) is 24.3 Å². The first-order valence-corrected chi connectivity index (χ1v) is 8.50. The number of rotatable bonds is 5. The second-order valence-electron chi connectivity index (χ2n) is 5.32. The van der Waals surface area contributed by atoms with E-state index in [9.17, 15) is 0 Å². The number of aliphatic imine (C=N–C) groups is 1. The Morgan fingerprint density at radius 2 is 2.09 bits per heavy atom. The van der Waals surface area contributed by atoms with Crippen LogP contribution in [0.25, 0.3) is 11.0 Å². The van der Waals surface area contributed by atoms with Crippen molar-refractivity contribution in [2.75, 3.05) is 13.6 Å². The van der Waals surface area contributed by atoms with Crippen LogP contribution in [0.4, 0.5) is 0 Å². The summed E-state index contributed by atoms with van der Waals surface area (Å²) < 4.78 is 0. The number of aromatic amines is 1. The predicted molar refractivity (Wildman–Crippen MR) is 97.1 cm³/mol. The first kappa shape index (κ1) is 15.6. The van der Waals surface area contributed by atoms with Gasteiger partial charge in [0.15, 0.2) is 5.96 Å². The van der Waals surface area contributed by atoms with Gasteiger partial charge in [-0.05, 0) is 31.2 Å². The molecule has 3 N–H and O–H groups in total. The van der Waals surface area contributed by atoms with E-state index in [0.717, 1.165) is 42.3 Å². The summed E-state index contributed by atoms with van der Waals surface area (Å²) >= 11 is 1.80. The van der Waals surface area contributed by atoms with Crippen LogP contribution >= 0.6 is 11.3 Å². The van der Waals surface area contributed by atoms with E-state index < -0.39 is 0 Å². The maximum atomic E-state index is 4.58. The van der Waals surface area contributed by atoms with Crippen molar-refractivity contribution in [3.63, 3.8) is 0 Å². The zero-order chi connectivity index (χ0) is 16.1. The lowest BCUT2D eigenvalue weighted by atomic mass is 10.3. The summed E-state index contributed by atoms with van der Waals surface area (Å²) in [5.41, 5.74) is 2.09. The van der Waals surface area contributed by atoms with Crippen LogP contribution in [0.5, 0.6) is 0 Å². The Morgan fingerprint density at radius 1 is 1.22 bits per heavy atom. The number of hydrogen-bond acceptors (Lipinski definition) is 3. The molecule has 5 nitrogen and oxygen atoms in total. The van der Waals surface area contributed by atoms with Crippen LogP contribution in [0.3, 0.4) is 0 Å². The molecule has 1 aromatic carbocycles. The second-order valence-corrected chi connectivity index (χ2v) is 6.69. The fraction of sp³-hybridized carbons (Fsp3) is 0.294. The fourth-order valence-electron chi connectivity index (χ4n) is 2.39. The Hall–Kier alpha value is -2.34. The zero-order valence-electron chi connectivity index (χ0n) is 13.4. The van der Waals surface area contributed by atoms with Crippen LogP contribution in [0, 0.1) is 6.92 Å². The van der Waals surface area contributed by atoms with Crippen molar-refractivity contribution in [1.82, 2.24) is 20.6 Å². The zero-order valence-corrected chi connectivity index (χ0v) is 14.2. The number of H-pyrrole nitrogens is 1. The number of aromatic nitrogens is 2. The van der Waals surface area contributed by atoms with Crippen LogP contribution < -0.4 is 10.6 Å². The highest BCUT2D eigenvalue weighted by Gasteiger charge is 2.03. The summed E-state index contributed by atoms with van der Waals surface area (Å²) in [6.07, 6.45) is 0.827. The van der Waals surface area contributed by atoms with E-state index in [1.165, 1.54) is 9.75 Å². The van der Waals surface area contributed by atoms with Crippen molar-refractivity contribution in [3.8, 4) is 0 Å². The van der Waals surface area contributed by atoms with E-state index in [0.29, 0.717) is 0 Å². The van der Waals surface area contributed by atoms with Crippen LogP contribution in [0.2, 0.25) is 0 Å². The van der Waals surface area contributed by atoms with Gasteiger partial charge in [-0.25, -0.2) is 4.98 Å². The minimum absolute atomic E-state index is 0.781. The maximum Gasteiger partial charge on any atom is 0.191 e. The molecular weight excluding hydrogens is 306 g/mol. The molecule has 0 aliphatic heterocycles. The summed E-state index contributed by atoms with van der Waals surface area (Å²) in [6, 6.07) is 12.4. The fourth-order valence-corrected chi connectivity index (χ4v) is 3.22. The van der Waals surface area contributed by atoms with E-state index in [2.05, 4.69) is 44.7 Å². The molecule has 0 unspecified atom stereocenters. The van der Waals surface area contributed by atoms with Crippen molar-refractivity contribution in [2.24, 2.45) is 4.99 Å². The lowest BCUT2D eigenvalue weighted by Crippen LogP contribution is -2.37. The normalized spacial score (nSPS) is 11.8. The molecule has 3 rings (SSSR count). The number of nitrogens with zero attached hydrogens (tertiary/aromatic N) is 2. The molecule has 0 aliphatic carbocycles. The minimum Gasteiger partial charge on any atom is -0.356 e. The molecule has 2 aromatic heterocycles. The number of imidazole rings is 1. The Balaban J connectivity index is 1.48. The average Bonchev–Trinajstić information content (AvgIpc) is 3.16. The maximum absolute atomic E-state index is 4.58. The molecule has 0 fully saturated rings. The lowest BCUT2D eigenvalue weighted by Gasteiger charge is -2.10. The molecule has 23 heavy (non-hydrogen) atoms. The van der Waals surface area contributed by atoms with Crippen molar-refractivity contribution >= 4 is 28.3 Å². The molecule has 2 heterocycles. The third-order valence-corrected chi connectivity index (χ3v) is 4.54. The van der Waals surface area contributed by atoms with Gasteiger partial charge in [0.25, 0.3) is 0 Å². The molecule has 6 heteroatoms. The first-order chi connectivity index (χ1) is 11.2. The molecule has 0 bridgehead atoms. The number of thiophene rings is 1. The van der Waals surface area contributed by atoms with Gasteiger partial charge >= 0.3 is 0 Å². The van der Waals surface area contributed by atoms with Gasteiger partial charge in [-0.1, -0.05) is 12.1 Å². The number of benzene rings is 1. The van der Waals surface area contributed by atoms with Crippen LogP contribution in [-0.2, 0) is 13.0 Å². The number of para-hydroxylation sites is 2. The topological polar surface area (TPSA) is 65.1 Å². The molecule has 0 saturated carbocycles. The highest BCUT2D eigenvalue weighted by Crippen LogP contribution is 2.14. The summed E-state index contributed by atoms with van der Waals surface area (Å²) in [7, 11) is 1.79. The quantitative estimate of drug-likeness (QED) is 0.499. The van der Waals surface area contributed by atoms with Crippen molar-refractivity contribution < 1.29 is 0 Å². The summed E-state index contributed by atoms with van der Waals surface area (Å²) in [4.78, 5) is 14.8. The van der Waals surface area contributed by atoms with E-state index >= 15 is 0 Å². The second kappa shape index (κ2) is 7.28. The number of nitrogens with one attached hydrogen (secondary N) is 3. The van der Waals surface area contributed by atoms with Gasteiger partial charge in [-0.2, -0.15) is 0 Å². The average molecular weight is 327 g/mol. The van der Waals surface area contributed by atoms with Gasteiger partial charge in [-0.3, -0.25) is 4.99 Å². The molecule has 0 spiro atoms. The van der Waals surface area contributed by atoms with Crippen LogP contribution in [0.1, 0.15) is 15.6 Å². The number of guanidine groups is 1. The highest BCUT2D eigenvalue weighted by atomic mass is 32.1. The summed E-state index contributed by atoms with van der Waals surface area (Å²) in [5.74, 6) is 1.80. The van der Waals surface area contributed by atoms with E-state index in [-0.39, 0.29) is 0 Å². The monoisotopic (exact) mass is 327 g/mol. The van der Waals surface area contributed by atoms with Crippen molar-refractivity contribution in [2.45, 2.75) is 19.9 Å². The molecule has 0 aliphatic rings. The van der Waals surface area contributed by atoms with Crippen LogP contribution in [-0.4, -0.2) is 29.5 Å². The third-order valence-electron chi connectivity index (χ3n) is 3.54. The Morgan fingerprint density at radius 3 is 2.83 bits per heavy atom. The van der Waals surface area contributed by atoms with Gasteiger partial charge in [0, 0.05) is 29.8 Å². The standard InChI is InChI=1S/C17H21N5S/c1-12-7-8-13(23-12)11-20-17(18-2)19-10-9-16-21-14-5-3-4-6-15(14)22-16/h3-8H,9-11H2,1-2H3,(H,21,22)(H2,18,19,20). The van der Waals surface area contributed by atoms with Gasteiger partial charge in [0.05, 0.1) is 17.6 Å². The Kier molecular flexibility index (Phi) is 4.92. The molecule has 3 aromatic rings. The van der Waals surface area contributed by atoms with E-state index in [1.54, 1.807) is 18.4 Å². The van der Waals surface area contributed by atoms with Crippen molar-refractivity contribution in [1.29, 1.82) is 0 Å². The Labute approximate surface area is 139 Å². The predicted octanol–water partition coefficient (Wildman–Crippen LogP) is 2.84. The minimum atomic E-state index is 0.781. The van der Waals surface area contributed by atoms with Gasteiger partial charge in [-0.15, -0.1) is 11.3 Å². The molecule has 0 atom stereocenters. The number of fused-ring (bicyclic) bond motifs is 1. The largest absolute Gasteiger partial charge is 0.356 e. The summed E-state index contributed by atoms with van der Waals surface area (Å²) in [6.45, 7) is 3.69. The first-order valence-electron chi connectivity index (χ1n) is 7.68. The highest BCUT2D eigenvalue weighted by molar-refractivity contribution is 7.11. The van der Waals surface area contributed by atoms with Gasteiger partial charge < -0.3 is 15.6 Å². The molecule has 0 radical (unpaired) electrons. The molecule has 0 amide bonds. The molecular formula is C17H21N5S. The number of hydrogen-bond donors (Lipinski definition) is 3. The van der Waals surface area contributed by atoms with Crippen LogP contribution in [0.15, 0.2) is 41.4 Å². The third kappa shape index (κ3) is 4.10. The number of aryl methyl sites for hydroxylation is 1. The smallest absolute Gasteiger partial charge is 0.191 e. The molecule has 0 saturated heterocycles. The SMILES string of the molecule is CN=C(NCCc1nc2ccccc2[nH]1)NCc1ccc(C)s1. The summed E-state index contributed by atoms with van der Waals surface area (Å²) in [5, 5.41) is 6.65. The Bertz CT molecular complexity index is 769. The molecule has 120 valence electrons. The van der Waals surface area contributed by atoms with E-state index in [4.69, 9.17) is 0 Å².